The Kier molecular flexibility index (Phi) is 21.2. The van der Waals surface area contributed by atoms with Gasteiger partial charge in [-0.25, -0.2) is 20.0 Å². The van der Waals surface area contributed by atoms with Crippen LogP contribution in [0.3, 0.4) is 0 Å². The molecule has 0 aliphatic carbocycles. The van der Waals surface area contributed by atoms with Crippen LogP contribution in [-0.2, 0) is 20.2 Å². The normalized spacial score (nSPS) is 12.9. The van der Waals surface area contributed by atoms with Gasteiger partial charge in [0.25, 0.3) is 20.2 Å². The van der Waals surface area contributed by atoms with Crippen LogP contribution < -0.4 is 32.3 Å². The third kappa shape index (κ3) is 15.7. The van der Waals surface area contributed by atoms with Crippen molar-refractivity contribution in [3.8, 4) is 0 Å². The molecule has 0 aliphatic heterocycles. The van der Waals surface area contributed by atoms with Crippen molar-refractivity contribution >= 4 is 148 Å². The number of aliphatic hydroxyl groups is 4. The predicted molar refractivity (Wildman–Crippen MR) is 245 cm³/mol. The van der Waals surface area contributed by atoms with Crippen molar-refractivity contribution < 1.29 is 46.4 Å². The first kappa shape index (κ1) is 54.3. The van der Waals surface area contributed by atoms with Crippen LogP contribution in [0.1, 0.15) is 11.1 Å². The Labute approximate surface area is 442 Å². The molecule has 0 saturated heterocycles. The van der Waals surface area contributed by atoms with Gasteiger partial charge in [0.2, 0.25) is 34.4 Å². The Morgan fingerprint density at radius 3 is 1.17 bits per heavy atom. The number of anilines is 2. The molecule has 2 aromatic heterocycles. The average molecular weight is 979 g/mol. The molecule has 0 spiro atoms. The molecule has 66 heavy (non-hydrogen) atoms. The van der Waals surface area contributed by atoms with Crippen molar-refractivity contribution in [3.05, 3.63) is 131 Å². The number of aromatic amines is 4. The van der Waals surface area contributed by atoms with Gasteiger partial charge in [-0.05, 0) is 59.7 Å². The molecule has 26 heteroatoms. The number of hydrogen-bond acceptors (Lipinski definition) is 16. The van der Waals surface area contributed by atoms with E-state index in [0.29, 0.717) is 11.4 Å². The summed E-state index contributed by atoms with van der Waals surface area (Å²) in [5.41, 5.74) is 1.22. The fraction of sp³-hybridized carbons (Fsp3) is 0.200. The zero-order chi connectivity index (χ0) is 45.7. The summed E-state index contributed by atoms with van der Waals surface area (Å²) >= 11 is 0. The minimum absolute atomic E-state index is 0. The molecule has 0 bridgehead atoms. The predicted octanol–water partition coefficient (Wildman–Crippen LogP) is 0.203. The van der Waals surface area contributed by atoms with Gasteiger partial charge >= 0.3 is 0 Å². The molecule has 338 valence electrons. The Balaban J connectivity index is 0.00000476. The van der Waals surface area contributed by atoms with Crippen molar-refractivity contribution in [2.24, 2.45) is 20.0 Å². The largest absolute Gasteiger partial charge is 0.395 e. The number of aromatic nitrogens is 6. The third-order valence-electron chi connectivity index (χ3n) is 8.88. The first-order valence-corrected chi connectivity index (χ1v) is 22.2. The summed E-state index contributed by atoms with van der Waals surface area (Å²) in [6.07, 6.45) is 2.44. The number of hydrogen-bond donors (Lipinski definition) is 10. The van der Waals surface area contributed by atoms with Gasteiger partial charge in [0.15, 0.2) is 0 Å². The van der Waals surface area contributed by atoms with Gasteiger partial charge in [-0.2, -0.15) is 26.8 Å². The molecular formula is C40H44KN12NaO10S2. The SMILES string of the molecule is O=S(=O)(O)c1cc(N=c2[nH]c(N(CCO)CCO)nc(=Nc3ccccc3)[nH]2)ccc1C=Cc1ccc(N=c2[nH]c(N(CCO)CCO)nc(=Nc3ccccc3)[nH]2)cc1S(=O)(=O)O.[K].[Na]. The van der Waals surface area contributed by atoms with Crippen molar-refractivity contribution in [2.75, 3.05) is 62.4 Å². The minimum atomic E-state index is -4.92. The molecule has 22 nitrogen and oxygen atoms in total. The second kappa shape index (κ2) is 25.8. The molecule has 0 amide bonds. The first-order chi connectivity index (χ1) is 30.8. The third-order valence-corrected chi connectivity index (χ3v) is 10.7. The van der Waals surface area contributed by atoms with E-state index in [1.165, 1.54) is 36.4 Å². The van der Waals surface area contributed by atoms with E-state index in [1.54, 1.807) is 58.3 Å². The van der Waals surface area contributed by atoms with E-state index in [1.807, 2.05) is 12.1 Å². The van der Waals surface area contributed by atoms with E-state index in [9.17, 15) is 46.4 Å². The fourth-order valence-electron chi connectivity index (χ4n) is 6.04. The van der Waals surface area contributed by atoms with Crippen LogP contribution in [0.4, 0.5) is 34.6 Å². The summed E-state index contributed by atoms with van der Waals surface area (Å²) in [6.45, 7) is -0.688. The minimum Gasteiger partial charge on any atom is -0.395 e. The number of rotatable bonds is 18. The molecule has 2 radical (unpaired) electrons. The van der Waals surface area contributed by atoms with Crippen molar-refractivity contribution in [2.45, 2.75) is 9.79 Å². The molecule has 10 N–H and O–H groups in total. The average Bonchev–Trinajstić information content (AvgIpc) is 3.26. The van der Waals surface area contributed by atoms with Crippen molar-refractivity contribution in [3.63, 3.8) is 0 Å². The summed E-state index contributed by atoms with van der Waals surface area (Å²) in [7, 11) is -9.84. The van der Waals surface area contributed by atoms with E-state index < -0.39 is 30.0 Å². The number of nitrogens with zero attached hydrogens (tertiary/aromatic N) is 8. The number of benzene rings is 4. The number of H-pyrrole nitrogens is 4. The van der Waals surface area contributed by atoms with E-state index in [4.69, 9.17) is 0 Å². The second-order valence-corrected chi connectivity index (χ2v) is 16.2. The quantitative estimate of drug-likeness (QED) is 0.0313. The van der Waals surface area contributed by atoms with Crippen molar-refractivity contribution in [1.82, 2.24) is 29.9 Å². The molecule has 0 aliphatic rings. The van der Waals surface area contributed by atoms with Crippen LogP contribution in [0.2, 0.25) is 0 Å². The summed E-state index contributed by atoms with van der Waals surface area (Å²) < 4.78 is 71.4. The topological polar surface area (TPSA) is 335 Å². The van der Waals surface area contributed by atoms with Crippen LogP contribution >= 0.6 is 0 Å². The molecule has 4 aromatic carbocycles. The van der Waals surface area contributed by atoms with E-state index >= 15 is 0 Å². The summed E-state index contributed by atoms with van der Waals surface area (Å²) in [4.78, 5) is 40.4. The fourth-order valence-corrected chi connectivity index (χ4v) is 7.45. The van der Waals surface area contributed by atoms with Crippen LogP contribution in [0.25, 0.3) is 12.2 Å². The van der Waals surface area contributed by atoms with Crippen LogP contribution in [0, 0.1) is 0 Å². The molecule has 6 aromatic rings. The van der Waals surface area contributed by atoms with Gasteiger partial charge in [-0.1, -0.05) is 60.7 Å². The Morgan fingerprint density at radius 1 is 0.500 bits per heavy atom. The van der Waals surface area contributed by atoms with Gasteiger partial charge in [-0.15, -0.1) is 0 Å². The number of nitrogens with one attached hydrogen (secondary N) is 4. The monoisotopic (exact) mass is 978 g/mol. The standard InChI is InChI=1S/C40H44N12O10S2.K.Na/c53-21-17-51(18-22-54)39-47-35(41-29-7-3-1-4-8-29)45-37(49-39)43-31-15-13-27(33(25-31)63(57,58)59)11-12-28-14-16-32(26-34(28)64(60,61)62)44-38-46-36(42-30-9-5-2-6-10-30)48-40(50-38)52(19-23-55)20-24-56;;/h1-16,25-26,53-56H,17-24H2,(H,57,58,59)(H,60,61,62)(H2,41,43,45,47,49)(H2,42,44,46,48,50);;. The summed E-state index contributed by atoms with van der Waals surface area (Å²) in [6, 6.07) is 25.3. The van der Waals surface area contributed by atoms with Crippen LogP contribution in [-0.4, -0.2) is 210 Å². The smallest absolute Gasteiger partial charge is 0.295 e. The van der Waals surface area contributed by atoms with Crippen LogP contribution in [0.5, 0.6) is 0 Å². The molecule has 0 atom stereocenters. The van der Waals surface area contributed by atoms with Gasteiger partial charge < -0.3 is 30.2 Å². The Hall–Kier alpha value is -4.26. The van der Waals surface area contributed by atoms with Gasteiger partial charge in [-0.3, -0.25) is 29.0 Å². The zero-order valence-corrected chi connectivity index (χ0v) is 42.5. The second-order valence-electron chi connectivity index (χ2n) is 13.4. The summed E-state index contributed by atoms with van der Waals surface area (Å²) in [5, 5.41) is 38.5. The number of aliphatic hydroxyl groups excluding tert-OH is 4. The maximum atomic E-state index is 12.7. The maximum absolute atomic E-state index is 12.7. The first-order valence-electron chi connectivity index (χ1n) is 19.3. The van der Waals surface area contributed by atoms with Gasteiger partial charge in [0, 0.05) is 107 Å². The molecule has 0 unspecified atom stereocenters. The van der Waals surface area contributed by atoms with Gasteiger partial charge in [0.1, 0.15) is 9.79 Å². The Bertz CT molecular complexity index is 2890. The van der Waals surface area contributed by atoms with Crippen molar-refractivity contribution in [1.29, 1.82) is 0 Å². The molecule has 0 fully saturated rings. The van der Waals surface area contributed by atoms with E-state index in [-0.39, 0.29) is 190 Å². The van der Waals surface area contributed by atoms with E-state index in [0.717, 1.165) is 12.1 Å². The van der Waals surface area contributed by atoms with Crippen LogP contribution in [0.15, 0.2) is 127 Å². The number of para-hydroxylation sites is 2. The maximum Gasteiger partial charge on any atom is 0.295 e. The molecule has 0 saturated carbocycles. The zero-order valence-electron chi connectivity index (χ0n) is 35.8. The molecule has 6 rings (SSSR count). The van der Waals surface area contributed by atoms with Gasteiger partial charge in [0.05, 0.1) is 49.2 Å². The van der Waals surface area contributed by atoms with E-state index in [2.05, 4.69) is 49.9 Å². The Morgan fingerprint density at radius 2 is 0.848 bits per heavy atom. The molecular weight excluding hydrogens is 935 g/mol. The summed E-state index contributed by atoms with van der Waals surface area (Å²) in [5.74, 6) is 0.345. The molecule has 2 heterocycles.